The van der Waals surface area contributed by atoms with E-state index < -0.39 is 0 Å². The van der Waals surface area contributed by atoms with E-state index in [-0.39, 0.29) is 47.3 Å². The molecule has 1 aromatic rings. The van der Waals surface area contributed by atoms with E-state index in [1.165, 1.54) is 11.8 Å². The normalized spacial score (nSPS) is 24.4. The predicted molar refractivity (Wildman–Crippen MR) is 138 cm³/mol. The van der Waals surface area contributed by atoms with Crippen molar-refractivity contribution in [3.63, 3.8) is 0 Å². The maximum atomic E-state index is 13.2. The molecular formula is C25H30BrN3O5S. The summed E-state index contributed by atoms with van der Waals surface area (Å²) < 4.78 is 6.11. The molecule has 3 unspecified atom stereocenters. The Morgan fingerprint density at radius 1 is 1.26 bits per heavy atom. The van der Waals surface area contributed by atoms with Crippen LogP contribution in [0.2, 0.25) is 0 Å². The second-order valence-electron chi connectivity index (χ2n) is 9.11. The van der Waals surface area contributed by atoms with Gasteiger partial charge in [-0.25, -0.2) is 0 Å². The standard InChI is InChI=1S/C25H30BrN3O5S/c1-3-34-25(33)16-5-4-10-28(13-16)24(32)19-7-6-18(11-15(19)2)29-14-17(12-22(29)30)27-23(31)20-8-9-21(26)35-20/h6-7,9,11,16-17,20H,3-5,8,10,12-14H2,1-2H3,(H,27,31). The highest BCUT2D eigenvalue weighted by Crippen LogP contribution is 2.36. The van der Waals surface area contributed by atoms with Crippen LogP contribution < -0.4 is 10.2 Å². The summed E-state index contributed by atoms with van der Waals surface area (Å²) in [4.78, 5) is 54.0. The summed E-state index contributed by atoms with van der Waals surface area (Å²) in [6, 6.07) is 5.13. The van der Waals surface area contributed by atoms with Crippen molar-refractivity contribution in [2.45, 2.75) is 50.8 Å². The van der Waals surface area contributed by atoms with Gasteiger partial charge in [-0.2, -0.15) is 0 Å². The third-order valence-corrected chi connectivity index (χ3v) is 8.56. The van der Waals surface area contributed by atoms with Crippen LogP contribution in [0, 0.1) is 12.8 Å². The number of amides is 3. The van der Waals surface area contributed by atoms with Gasteiger partial charge in [-0.3, -0.25) is 19.2 Å². The molecule has 188 valence electrons. The zero-order valence-corrected chi connectivity index (χ0v) is 22.3. The average Bonchev–Trinajstić information content (AvgIpc) is 3.44. The van der Waals surface area contributed by atoms with Gasteiger partial charge in [0.05, 0.1) is 23.8 Å². The lowest BCUT2D eigenvalue weighted by atomic mass is 9.96. The molecule has 3 atom stereocenters. The molecule has 3 amide bonds. The number of halogens is 1. The van der Waals surface area contributed by atoms with Crippen molar-refractivity contribution in [3.8, 4) is 0 Å². The van der Waals surface area contributed by atoms with E-state index in [0.717, 1.165) is 22.2 Å². The molecular weight excluding hydrogens is 534 g/mol. The molecule has 8 nitrogen and oxygen atoms in total. The third-order valence-electron chi connectivity index (χ3n) is 6.59. The molecule has 1 N–H and O–H groups in total. The van der Waals surface area contributed by atoms with Crippen molar-refractivity contribution in [3.05, 3.63) is 39.2 Å². The van der Waals surface area contributed by atoms with Crippen LogP contribution in [-0.4, -0.2) is 66.1 Å². The lowest BCUT2D eigenvalue weighted by molar-refractivity contribution is -0.149. The van der Waals surface area contributed by atoms with Crippen molar-refractivity contribution in [1.82, 2.24) is 10.2 Å². The number of likely N-dealkylation sites (tertiary alicyclic amines) is 1. The zero-order valence-electron chi connectivity index (χ0n) is 19.9. The first-order valence-electron chi connectivity index (χ1n) is 12.0. The minimum absolute atomic E-state index is 0.0551. The van der Waals surface area contributed by atoms with Crippen molar-refractivity contribution in [2.75, 3.05) is 31.1 Å². The fourth-order valence-electron chi connectivity index (χ4n) is 4.78. The molecule has 4 rings (SSSR count). The number of ether oxygens (including phenoxy) is 1. The first-order valence-corrected chi connectivity index (χ1v) is 13.6. The van der Waals surface area contributed by atoms with Gasteiger partial charge < -0.3 is 19.9 Å². The van der Waals surface area contributed by atoms with E-state index in [4.69, 9.17) is 4.74 Å². The van der Waals surface area contributed by atoms with Crippen molar-refractivity contribution < 1.29 is 23.9 Å². The number of piperidine rings is 1. The number of anilines is 1. The second kappa shape index (κ2) is 11.2. The maximum absolute atomic E-state index is 13.2. The number of hydrogen-bond donors (Lipinski definition) is 1. The van der Waals surface area contributed by atoms with E-state index >= 15 is 0 Å². The first-order chi connectivity index (χ1) is 16.8. The van der Waals surface area contributed by atoms with E-state index in [2.05, 4.69) is 21.2 Å². The summed E-state index contributed by atoms with van der Waals surface area (Å²) >= 11 is 4.89. The van der Waals surface area contributed by atoms with Crippen LogP contribution in [0.3, 0.4) is 0 Å². The molecule has 0 radical (unpaired) electrons. The topological polar surface area (TPSA) is 96.0 Å². The van der Waals surface area contributed by atoms with Crippen molar-refractivity contribution in [2.24, 2.45) is 5.92 Å². The SMILES string of the molecule is CCOC(=O)C1CCCN(C(=O)c2ccc(N3CC(NC(=O)C4CC=C(Br)S4)CC3=O)cc2C)C1. The number of nitrogens with one attached hydrogen (secondary N) is 1. The summed E-state index contributed by atoms with van der Waals surface area (Å²) in [6.45, 7) is 5.32. The molecule has 35 heavy (non-hydrogen) atoms. The van der Waals surface area contributed by atoms with Crippen LogP contribution in [0.1, 0.15) is 48.5 Å². The zero-order chi connectivity index (χ0) is 25.1. The quantitative estimate of drug-likeness (QED) is 0.533. The molecule has 0 aromatic heterocycles. The summed E-state index contributed by atoms with van der Waals surface area (Å²) in [5, 5.41) is 2.84. The number of carbonyl (C=O) groups excluding carboxylic acids is 4. The van der Waals surface area contributed by atoms with Crippen molar-refractivity contribution >= 4 is 57.1 Å². The van der Waals surface area contributed by atoms with Crippen LogP contribution in [-0.2, 0) is 19.1 Å². The lowest BCUT2D eigenvalue weighted by Gasteiger charge is -2.32. The predicted octanol–water partition coefficient (Wildman–Crippen LogP) is 3.37. The van der Waals surface area contributed by atoms with Gasteiger partial charge in [-0.1, -0.05) is 6.08 Å². The molecule has 3 aliphatic rings. The molecule has 10 heteroatoms. The van der Waals surface area contributed by atoms with Gasteiger partial charge in [0.25, 0.3) is 5.91 Å². The van der Waals surface area contributed by atoms with E-state index in [0.29, 0.717) is 43.9 Å². The first kappa shape index (κ1) is 25.8. The van der Waals surface area contributed by atoms with Gasteiger partial charge in [0.1, 0.15) is 0 Å². The Labute approximate surface area is 217 Å². The number of aryl methyl sites for hydroxylation is 1. The number of nitrogens with zero attached hydrogens (tertiary/aromatic N) is 2. The summed E-state index contributed by atoms with van der Waals surface area (Å²) in [6.07, 6.45) is 4.39. The number of benzene rings is 1. The van der Waals surface area contributed by atoms with Gasteiger partial charge in [0.15, 0.2) is 0 Å². The van der Waals surface area contributed by atoms with Crippen molar-refractivity contribution in [1.29, 1.82) is 0 Å². The summed E-state index contributed by atoms with van der Waals surface area (Å²) in [5.41, 5.74) is 2.04. The molecule has 2 saturated heterocycles. The molecule has 0 aliphatic carbocycles. The minimum atomic E-state index is -0.291. The Hall–Kier alpha value is -2.33. The van der Waals surface area contributed by atoms with Gasteiger partial charge in [0.2, 0.25) is 11.8 Å². The van der Waals surface area contributed by atoms with Crippen LogP contribution in [0.25, 0.3) is 0 Å². The highest BCUT2D eigenvalue weighted by molar-refractivity contribution is 9.14. The van der Waals surface area contributed by atoms with Gasteiger partial charge in [-0.15, -0.1) is 11.8 Å². The van der Waals surface area contributed by atoms with E-state index in [1.807, 2.05) is 19.1 Å². The van der Waals surface area contributed by atoms with Gasteiger partial charge in [-0.05, 0) is 72.8 Å². The fourth-order valence-corrected chi connectivity index (χ4v) is 6.48. The fraction of sp³-hybridized carbons (Fsp3) is 0.520. The Morgan fingerprint density at radius 3 is 2.74 bits per heavy atom. The molecule has 0 spiro atoms. The number of esters is 1. The lowest BCUT2D eigenvalue weighted by Crippen LogP contribution is -2.43. The van der Waals surface area contributed by atoms with Gasteiger partial charge in [0, 0.05) is 41.1 Å². The monoisotopic (exact) mass is 563 g/mol. The number of thioether (sulfide) groups is 1. The van der Waals surface area contributed by atoms with Gasteiger partial charge >= 0.3 is 5.97 Å². The number of carbonyl (C=O) groups is 4. The number of hydrogen-bond acceptors (Lipinski definition) is 6. The van der Waals surface area contributed by atoms with Crippen LogP contribution >= 0.6 is 27.7 Å². The van der Waals surface area contributed by atoms with Crippen LogP contribution in [0.4, 0.5) is 5.69 Å². The molecule has 0 bridgehead atoms. The Bertz CT molecular complexity index is 1060. The molecule has 2 fully saturated rings. The summed E-state index contributed by atoms with van der Waals surface area (Å²) in [7, 11) is 0. The highest BCUT2D eigenvalue weighted by atomic mass is 79.9. The van der Waals surface area contributed by atoms with Crippen LogP contribution in [0.15, 0.2) is 28.1 Å². The Balaban J connectivity index is 1.38. The Morgan fingerprint density at radius 2 is 2.06 bits per heavy atom. The maximum Gasteiger partial charge on any atom is 0.310 e. The number of rotatable bonds is 6. The molecule has 3 aliphatic heterocycles. The molecule has 3 heterocycles. The second-order valence-corrected chi connectivity index (χ2v) is 11.7. The third kappa shape index (κ3) is 5.91. The van der Waals surface area contributed by atoms with E-state index in [9.17, 15) is 19.2 Å². The smallest absolute Gasteiger partial charge is 0.310 e. The van der Waals surface area contributed by atoms with E-state index in [1.54, 1.807) is 28.9 Å². The highest BCUT2D eigenvalue weighted by Gasteiger charge is 2.35. The summed E-state index contributed by atoms with van der Waals surface area (Å²) in [5.74, 6) is -0.766. The van der Waals surface area contributed by atoms with Crippen LogP contribution in [0.5, 0.6) is 0 Å². The number of allylic oxidation sites excluding steroid dienone is 1. The Kier molecular flexibility index (Phi) is 8.21. The largest absolute Gasteiger partial charge is 0.466 e. The molecule has 1 aromatic carbocycles. The minimum Gasteiger partial charge on any atom is -0.466 e. The molecule has 0 saturated carbocycles. The average molecular weight is 565 g/mol.